The molecule has 1 heterocycles. The number of terminal acetylenes is 1. The third-order valence-electron chi connectivity index (χ3n) is 2.43. The lowest BCUT2D eigenvalue weighted by Gasteiger charge is -2.17. The second-order valence-electron chi connectivity index (χ2n) is 4.09. The maximum Gasteiger partial charge on any atom is 0.338 e. The number of rotatable bonds is 4. The van der Waals surface area contributed by atoms with E-state index >= 15 is 0 Å². The van der Waals surface area contributed by atoms with Crippen LogP contribution in [0.4, 0.5) is 0 Å². The van der Waals surface area contributed by atoms with Gasteiger partial charge < -0.3 is 10.4 Å². The molecule has 1 rings (SSSR count). The summed E-state index contributed by atoms with van der Waals surface area (Å²) in [7, 11) is 0. The molecule has 5 heteroatoms. The van der Waals surface area contributed by atoms with E-state index in [4.69, 9.17) is 11.5 Å². The molecule has 0 aliphatic carbocycles. The first-order chi connectivity index (χ1) is 8.47. The van der Waals surface area contributed by atoms with Crippen LogP contribution in [0.3, 0.4) is 0 Å². The van der Waals surface area contributed by atoms with Crippen LogP contribution >= 0.6 is 0 Å². The molecule has 0 aliphatic rings. The van der Waals surface area contributed by atoms with E-state index < -0.39 is 17.9 Å². The van der Waals surface area contributed by atoms with Crippen molar-refractivity contribution in [3.8, 4) is 12.3 Å². The van der Waals surface area contributed by atoms with Crippen LogP contribution in [-0.2, 0) is 0 Å². The maximum absolute atomic E-state index is 11.9. The predicted octanol–water partition coefficient (Wildman–Crippen LogP) is 1.17. The van der Waals surface area contributed by atoms with Crippen molar-refractivity contribution in [2.45, 2.75) is 19.9 Å². The minimum Gasteiger partial charge on any atom is -0.478 e. The number of aromatic nitrogens is 1. The first-order valence-electron chi connectivity index (χ1n) is 5.41. The molecule has 0 bridgehead atoms. The van der Waals surface area contributed by atoms with Gasteiger partial charge in [-0.15, -0.1) is 6.42 Å². The molecule has 0 radical (unpaired) electrons. The Morgan fingerprint density at radius 3 is 2.61 bits per heavy atom. The number of nitrogens with one attached hydrogen (secondary N) is 1. The van der Waals surface area contributed by atoms with Crippen molar-refractivity contribution in [3.63, 3.8) is 0 Å². The van der Waals surface area contributed by atoms with Gasteiger partial charge in [-0.3, -0.25) is 9.78 Å². The molecule has 0 saturated carbocycles. The minimum atomic E-state index is -1.20. The van der Waals surface area contributed by atoms with Crippen LogP contribution in [0.25, 0.3) is 0 Å². The summed E-state index contributed by atoms with van der Waals surface area (Å²) in [4.78, 5) is 26.6. The highest BCUT2D eigenvalue weighted by molar-refractivity contribution is 6.04. The van der Waals surface area contributed by atoms with Crippen LogP contribution in [0.5, 0.6) is 0 Å². The molecule has 2 N–H and O–H groups in total. The molecule has 1 aromatic heterocycles. The van der Waals surface area contributed by atoms with Crippen molar-refractivity contribution in [1.82, 2.24) is 10.3 Å². The summed E-state index contributed by atoms with van der Waals surface area (Å²) < 4.78 is 0. The van der Waals surface area contributed by atoms with Gasteiger partial charge in [0.05, 0.1) is 17.2 Å². The molecule has 1 amide bonds. The number of carboxylic acids is 1. The van der Waals surface area contributed by atoms with Crippen molar-refractivity contribution < 1.29 is 14.7 Å². The monoisotopic (exact) mass is 246 g/mol. The summed E-state index contributed by atoms with van der Waals surface area (Å²) in [6.45, 7) is 3.74. The fraction of sp³-hybridized carbons (Fsp3) is 0.308. The van der Waals surface area contributed by atoms with E-state index in [1.54, 1.807) is 0 Å². The van der Waals surface area contributed by atoms with E-state index in [2.05, 4.69) is 16.2 Å². The van der Waals surface area contributed by atoms with Crippen molar-refractivity contribution >= 4 is 11.9 Å². The number of carbonyl (C=O) groups is 2. The van der Waals surface area contributed by atoms with E-state index in [1.165, 1.54) is 12.3 Å². The summed E-state index contributed by atoms with van der Waals surface area (Å²) in [5, 5.41) is 11.6. The highest BCUT2D eigenvalue weighted by atomic mass is 16.4. The van der Waals surface area contributed by atoms with E-state index in [9.17, 15) is 9.59 Å². The normalized spacial score (nSPS) is 11.7. The molecule has 0 spiro atoms. The lowest BCUT2D eigenvalue weighted by molar-refractivity contribution is 0.0690. The smallest absolute Gasteiger partial charge is 0.338 e. The largest absolute Gasteiger partial charge is 0.478 e. The van der Waals surface area contributed by atoms with Crippen molar-refractivity contribution in [3.05, 3.63) is 29.6 Å². The molecule has 0 fully saturated rings. The first kappa shape index (κ1) is 13.7. The third-order valence-corrected chi connectivity index (χ3v) is 2.43. The molecule has 0 aliphatic heterocycles. The maximum atomic E-state index is 11.9. The Morgan fingerprint density at radius 2 is 2.11 bits per heavy atom. The van der Waals surface area contributed by atoms with Gasteiger partial charge in [0.15, 0.2) is 0 Å². The Hall–Kier alpha value is -2.35. The molecular weight excluding hydrogens is 232 g/mol. The Kier molecular flexibility index (Phi) is 4.44. The SMILES string of the molecule is C#CC(NC(=O)c1ccncc1C(=O)O)C(C)C. The molecule has 0 aromatic carbocycles. The van der Waals surface area contributed by atoms with E-state index in [0.717, 1.165) is 6.20 Å². The number of pyridine rings is 1. The Labute approximate surface area is 105 Å². The molecule has 94 valence electrons. The molecular formula is C13H14N2O3. The number of nitrogens with zero attached hydrogens (tertiary/aromatic N) is 1. The molecule has 1 unspecified atom stereocenters. The second-order valence-corrected chi connectivity index (χ2v) is 4.09. The van der Waals surface area contributed by atoms with Crippen LogP contribution in [0.15, 0.2) is 18.5 Å². The Morgan fingerprint density at radius 1 is 1.44 bits per heavy atom. The topological polar surface area (TPSA) is 79.3 Å². The lowest BCUT2D eigenvalue weighted by atomic mass is 10.0. The number of aromatic carboxylic acids is 1. The molecule has 5 nitrogen and oxygen atoms in total. The van der Waals surface area contributed by atoms with Gasteiger partial charge in [-0.1, -0.05) is 19.8 Å². The van der Waals surface area contributed by atoms with Crippen LogP contribution in [0.1, 0.15) is 34.6 Å². The molecule has 0 saturated heterocycles. The summed E-state index contributed by atoms with van der Waals surface area (Å²) in [6, 6.07) is 0.916. The van der Waals surface area contributed by atoms with Gasteiger partial charge in [-0.05, 0) is 12.0 Å². The highest BCUT2D eigenvalue weighted by Crippen LogP contribution is 2.08. The first-order valence-corrected chi connectivity index (χ1v) is 5.41. The summed E-state index contributed by atoms with van der Waals surface area (Å²) >= 11 is 0. The number of hydrogen-bond donors (Lipinski definition) is 2. The van der Waals surface area contributed by atoms with Crippen molar-refractivity contribution in [2.75, 3.05) is 0 Å². The Balaban J connectivity index is 2.98. The van der Waals surface area contributed by atoms with Gasteiger partial charge in [0.2, 0.25) is 0 Å². The summed E-state index contributed by atoms with van der Waals surface area (Å²) in [6.07, 6.45) is 7.80. The van der Waals surface area contributed by atoms with Crippen LogP contribution in [0, 0.1) is 18.3 Å². The standard InChI is InChI=1S/C13H14N2O3/c1-4-11(8(2)3)15-12(16)9-5-6-14-7-10(9)13(17)18/h1,5-8,11H,2-3H3,(H,15,16)(H,17,18). The van der Waals surface area contributed by atoms with Crippen LogP contribution < -0.4 is 5.32 Å². The average Bonchev–Trinajstić information content (AvgIpc) is 2.35. The zero-order chi connectivity index (χ0) is 13.7. The van der Waals surface area contributed by atoms with E-state index in [0.29, 0.717) is 0 Å². The van der Waals surface area contributed by atoms with Gasteiger partial charge in [0, 0.05) is 12.4 Å². The van der Waals surface area contributed by atoms with Gasteiger partial charge in [-0.2, -0.15) is 0 Å². The fourth-order valence-electron chi connectivity index (χ4n) is 1.38. The third kappa shape index (κ3) is 3.08. The number of carbonyl (C=O) groups excluding carboxylic acids is 1. The zero-order valence-electron chi connectivity index (χ0n) is 10.2. The molecule has 18 heavy (non-hydrogen) atoms. The molecule has 1 atom stereocenters. The molecule has 1 aromatic rings. The van der Waals surface area contributed by atoms with Gasteiger partial charge in [0.25, 0.3) is 5.91 Å². The van der Waals surface area contributed by atoms with Crippen LogP contribution in [0.2, 0.25) is 0 Å². The zero-order valence-corrected chi connectivity index (χ0v) is 10.2. The summed E-state index contributed by atoms with van der Waals surface area (Å²) in [5.74, 6) is 0.813. The van der Waals surface area contributed by atoms with Gasteiger partial charge >= 0.3 is 5.97 Å². The highest BCUT2D eigenvalue weighted by Gasteiger charge is 2.19. The van der Waals surface area contributed by atoms with Crippen LogP contribution in [-0.4, -0.2) is 28.0 Å². The van der Waals surface area contributed by atoms with E-state index in [1.807, 2.05) is 13.8 Å². The predicted molar refractivity (Wildman–Crippen MR) is 66.1 cm³/mol. The number of amides is 1. The summed E-state index contributed by atoms with van der Waals surface area (Å²) in [5.41, 5.74) is -0.0899. The fourth-order valence-corrected chi connectivity index (χ4v) is 1.38. The van der Waals surface area contributed by atoms with Crippen molar-refractivity contribution in [2.24, 2.45) is 5.92 Å². The van der Waals surface area contributed by atoms with Gasteiger partial charge in [0.1, 0.15) is 0 Å². The van der Waals surface area contributed by atoms with Crippen molar-refractivity contribution in [1.29, 1.82) is 0 Å². The Bertz CT molecular complexity index is 503. The van der Waals surface area contributed by atoms with E-state index in [-0.39, 0.29) is 17.0 Å². The van der Waals surface area contributed by atoms with Gasteiger partial charge in [-0.25, -0.2) is 4.79 Å². The quantitative estimate of drug-likeness (QED) is 0.781. The lowest BCUT2D eigenvalue weighted by Crippen LogP contribution is -2.38. The minimum absolute atomic E-state index is 0.0541. The average molecular weight is 246 g/mol. The number of hydrogen-bond acceptors (Lipinski definition) is 3. The number of carboxylic acid groups (broad SMARTS) is 1. The second kappa shape index (κ2) is 5.82.